The molecule has 0 aliphatic heterocycles. The minimum atomic E-state index is -0.952. The highest BCUT2D eigenvalue weighted by molar-refractivity contribution is 5.71. The molecule has 0 saturated carbocycles. The minimum Gasteiger partial charge on any atom is -0.508 e. The number of aliphatic hydroxyl groups is 2. The molecule has 2 rings (SSSR count). The maximum absolute atomic E-state index is 11.3. The number of phenolic OH excluding ortho intramolecular Hbond substituents is 3. The number of phenols is 3. The van der Waals surface area contributed by atoms with Crippen molar-refractivity contribution >= 4 is 18.1 Å². The van der Waals surface area contributed by atoms with Crippen LogP contribution in [0.3, 0.4) is 0 Å². The first-order chi connectivity index (χ1) is 17.3. The van der Waals surface area contributed by atoms with Crippen molar-refractivity contribution in [1.29, 1.82) is 0 Å². The average Bonchev–Trinajstić information content (AvgIpc) is 2.85. The summed E-state index contributed by atoms with van der Waals surface area (Å²) in [5.74, 6) is -0.0155. The van der Waals surface area contributed by atoms with Gasteiger partial charge in [-0.2, -0.15) is 0 Å². The molecule has 0 bridgehead atoms. The highest BCUT2D eigenvalue weighted by atomic mass is 16.5. The highest BCUT2D eigenvalue weighted by Gasteiger charge is 2.07. The fourth-order valence-electron chi connectivity index (χ4n) is 3.39. The number of aromatic hydroxyl groups is 3. The van der Waals surface area contributed by atoms with Crippen molar-refractivity contribution in [3.05, 3.63) is 53.6 Å². The molecule has 0 saturated heterocycles. The predicted octanol–water partition coefficient (Wildman–Crippen LogP) is 5.78. The van der Waals surface area contributed by atoms with E-state index in [0.717, 1.165) is 18.4 Å². The van der Waals surface area contributed by atoms with Crippen molar-refractivity contribution in [2.75, 3.05) is 13.2 Å². The zero-order valence-corrected chi connectivity index (χ0v) is 21.3. The second kappa shape index (κ2) is 19.2. The first kappa shape index (κ1) is 31.0. The standard InChI is InChI=1S/C15H30O4.C14H12O3/c1-2-3-4-5-6-7-8-9-10-11-15(18)19-13-14(17)12-16;15-12-5-3-10(4-6-12)1-2-11-7-13(16)9-14(17)8-11/h14,16-17H,2-13H2,1H3;1-9,15-17H/b;2-1+. The van der Waals surface area contributed by atoms with Gasteiger partial charge in [0, 0.05) is 12.5 Å². The number of ether oxygens (including phenoxy) is 1. The van der Waals surface area contributed by atoms with Gasteiger partial charge in [-0.1, -0.05) is 82.6 Å². The molecule has 200 valence electrons. The number of unbranched alkanes of at least 4 members (excludes halogenated alkanes) is 8. The van der Waals surface area contributed by atoms with Gasteiger partial charge in [0.05, 0.1) is 6.61 Å². The van der Waals surface area contributed by atoms with Gasteiger partial charge in [0.1, 0.15) is 30.0 Å². The van der Waals surface area contributed by atoms with E-state index in [2.05, 4.69) is 6.92 Å². The van der Waals surface area contributed by atoms with Gasteiger partial charge in [0.25, 0.3) is 0 Å². The second-order valence-electron chi connectivity index (χ2n) is 8.81. The highest BCUT2D eigenvalue weighted by Crippen LogP contribution is 2.22. The third kappa shape index (κ3) is 15.8. The zero-order chi connectivity index (χ0) is 26.6. The Morgan fingerprint density at radius 2 is 1.31 bits per heavy atom. The first-order valence-corrected chi connectivity index (χ1v) is 12.8. The summed E-state index contributed by atoms with van der Waals surface area (Å²) in [4.78, 5) is 11.3. The molecule has 0 amide bonds. The van der Waals surface area contributed by atoms with E-state index in [1.165, 1.54) is 51.0 Å². The van der Waals surface area contributed by atoms with Gasteiger partial charge in [0.2, 0.25) is 0 Å². The van der Waals surface area contributed by atoms with Crippen molar-refractivity contribution in [2.45, 2.75) is 77.2 Å². The minimum absolute atomic E-state index is 0.0235. The second-order valence-corrected chi connectivity index (χ2v) is 8.81. The van der Waals surface area contributed by atoms with Crippen LogP contribution in [0, 0.1) is 0 Å². The third-order valence-corrected chi connectivity index (χ3v) is 5.42. The van der Waals surface area contributed by atoms with Gasteiger partial charge >= 0.3 is 5.97 Å². The molecule has 0 aliphatic rings. The Kier molecular flexibility index (Phi) is 16.5. The lowest BCUT2D eigenvalue weighted by molar-refractivity contribution is -0.147. The molecule has 0 fully saturated rings. The molecule has 2 aromatic rings. The Bertz CT molecular complexity index is 857. The Morgan fingerprint density at radius 1 is 0.778 bits per heavy atom. The summed E-state index contributed by atoms with van der Waals surface area (Å²) in [5, 5.41) is 45.3. The monoisotopic (exact) mass is 502 g/mol. The van der Waals surface area contributed by atoms with Crippen LogP contribution in [0.5, 0.6) is 17.2 Å². The molecular formula is C29H42O7. The van der Waals surface area contributed by atoms with Crippen molar-refractivity contribution in [1.82, 2.24) is 0 Å². The van der Waals surface area contributed by atoms with Crippen LogP contribution in [-0.2, 0) is 9.53 Å². The number of carbonyl (C=O) groups is 1. The maximum Gasteiger partial charge on any atom is 0.305 e. The number of rotatable bonds is 15. The maximum atomic E-state index is 11.3. The number of esters is 1. The molecule has 36 heavy (non-hydrogen) atoms. The van der Waals surface area contributed by atoms with E-state index in [4.69, 9.17) is 20.1 Å². The SMILES string of the molecule is CCCCCCCCCCCC(=O)OCC(O)CO.Oc1ccc(/C=C/c2cc(O)cc(O)c2)cc1. The fourth-order valence-corrected chi connectivity index (χ4v) is 3.39. The molecule has 2 aromatic carbocycles. The fraction of sp³-hybridized carbons (Fsp3) is 0.483. The number of carbonyl (C=O) groups excluding carboxylic acids is 1. The van der Waals surface area contributed by atoms with E-state index in [9.17, 15) is 15.0 Å². The molecule has 0 heterocycles. The van der Waals surface area contributed by atoms with E-state index in [1.54, 1.807) is 42.5 Å². The molecule has 1 unspecified atom stereocenters. The normalized spacial score (nSPS) is 11.6. The van der Waals surface area contributed by atoms with Gasteiger partial charge in [0.15, 0.2) is 0 Å². The van der Waals surface area contributed by atoms with Crippen LogP contribution in [0.15, 0.2) is 42.5 Å². The summed E-state index contributed by atoms with van der Waals surface area (Å²) in [5.41, 5.74) is 1.63. The molecule has 5 N–H and O–H groups in total. The summed E-state index contributed by atoms with van der Waals surface area (Å²) >= 11 is 0. The smallest absolute Gasteiger partial charge is 0.305 e. The van der Waals surface area contributed by atoms with E-state index < -0.39 is 6.10 Å². The Hall–Kier alpha value is -3.03. The van der Waals surface area contributed by atoms with Crippen molar-refractivity contribution < 1.29 is 35.1 Å². The Labute approximate surface area is 214 Å². The number of hydrogen-bond donors (Lipinski definition) is 5. The van der Waals surface area contributed by atoms with Crippen LogP contribution < -0.4 is 0 Å². The van der Waals surface area contributed by atoms with Crippen LogP contribution in [0.2, 0.25) is 0 Å². The molecule has 1 atom stereocenters. The van der Waals surface area contributed by atoms with E-state index in [-0.39, 0.29) is 36.4 Å². The van der Waals surface area contributed by atoms with Crippen LogP contribution in [0.25, 0.3) is 12.2 Å². The largest absolute Gasteiger partial charge is 0.508 e. The Morgan fingerprint density at radius 3 is 1.86 bits per heavy atom. The Balaban J connectivity index is 0.000000361. The molecule has 0 radical (unpaired) electrons. The summed E-state index contributed by atoms with van der Waals surface area (Å²) in [7, 11) is 0. The van der Waals surface area contributed by atoms with Crippen LogP contribution in [0.1, 0.15) is 82.3 Å². The quantitative estimate of drug-likeness (QED) is 0.119. The molecule has 0 aromatic heterocycles. The predicted molar refractivity (Wildman–Crippen MR) is 143 cm³/mol. The summed E-state index contributed by atoms with van der Waals surface area (Å²) < 4.78 is 4.82. The van der Waals surface area contributed by atoms with Crippen LogP contribution in [0.4, 0.5) is 0 Å². The van der Waals surface area contributed by atoms with E-state index >= 15 is 0 Å². The number of aliphatic hydroxyl groups excluding tert-OH is 2. The molecule has 0 spiro atoms. The van der Waals surface area contributed by atoms with Crippen molar-refractivity contribution in [3.8, 4) is 17.2 Å². The topological polar surface area (TPSA) is 127 Å². The van der Waals surface area contributed by atoms with Crippen LogP contribution in [-0.4, -0.2) is 50.8 Å². The zero-order valence-electron chi connectivity index (χ0n) is 21.3. The number of benzene rings is 2. The van der Waals surface area contributed by atoms with Crippen LogP contribution >= 0.6 is 0 Å². The summed E-state index contributed by atoms with van der Waals surface area (Å²) in [6, 6.07) is 11.1. The van der Waals surface area contributed by atoms with Crippen molar-refractivity contribution in [3.63, 3.8) is 0 Å². The summed E-state index contributed by atoms with van der Waals surface area (Å²) in [6.07, 6.45) is 14.0. The number of hydrogen-bond acceptors (Lipinski definition) is 7. The van der Waals surface area contributed by atoms with E-state index in [1.807, 2.05) is 6.08 Å². The van der Waals surface area contributed by atoms with Gasteiger partial charge in [-0.15, -0.1) is 0 Å². The van der Waals surface area contributed by atoms with Gasteiger partial charge < -0.3 is 30.3 Å². The van der Waals surface area contributed by atoms with Gasteiger partial charge in [-0.3, -0.25) is 4.79 Å². The van der Waals surface area contributed by atoms with Gasteiger partial charge in [-0.25, -0.2) is 0 Å². The molecular weight excluding hydrogens is 460 g/mol. The lowest BCUT2D eigenvalue weighted by atomic mass is 10.1. The van der Waals surface area contributed by atoms with Gasteiger partial charge in [-0.05, 0) is 41.8 Å². The van der Waals surface area contributed by atoms with E-state index in [0.29, 0.717) is 12.0 Å². The van der Waals surface area contributed by atoms with Crippen molar-refractivity contribution in [2.24, 2.45) is 0 Å². The summed E-state index contributed by atoms with van der Waals surface area (Å²) in [6.45, 7) is 1.75. The molecule has 7 heteroatoms. The molecule has 7 nitrogen and oxygen atoms in total. The third-order valence-electron chi connectivity index (χ3n) is 5.42. The average molecular weight is 503 g/mol. The molecule has 0 aliphatic carbocycles. The lowest BCUT2D eigenvalue weighted by Crippen LogP contribution is -2.21. The lowest BCUT2D eigenvalue weighted by Gasteiger charge is -2.08. The first-order valence-electron chi connectivity index (χ1n) is 12.8.